The van der Waals surface area contributed by atoms with E-state index in [1.165, 1.54) is 105 Å². The Morgan fingerprint density at radius 3 is 1.17 bits per heavy atom. The standard InChI is InChI=1S/C60H55BN2/c1-58(2,3)40-24-30-44(31-25-40)63-54-34-27-42(60(7,8)9)37-52(54)61-51-36-41(59(4,5)6)26-33-53(51)62(55-19-14-20-56(63)57(55)61)43-28-21-38(22-29-43)39-23-32-49-47-17-11-10-15-45(47)46-16-12-13-18-48(46)50(49)35-39/h10-37H,1-9H3. The van der Waals surface area contributed by atoms with E-state index in [2.05, 4.69) is 242 Å². The van der Waals surface area contributed by atoms with E-state index in [1.807, 2.05) is 0 Å². The predicted octanol–water partition coefficient (Wildman–Crippen LogP) is 14.8. The van der Waals surface area contributed by atoms with Crippen LogP contribution in [0.2, 0.25) is 0 Å². The highest BCUT2D eigenvalue weighted by molar-refractivity contribution is 7.00. The molecule has 308 valence electrons. The molecule has 2 aliphatic heterocycles. The Morgan fingerprint density at radius 2 is 0.714 bits per heavy atom. The lowest BCUT2D eigenvalue weighted by molar-refractivity contribution is 0.590. The van der Waals surface area contributed by atoms with Gasteiger partial charge in [-0.15, -0.1) is 0 Å². The summed E-state index contributed by atoms with van der Waals surface area (Å²) < 4.78 is 0. The van der Waals surface area contributed by atoms with E-state index in [-0.39, 0.29) is 23.0 Å². The fourth-order valence-electron chi connectivity index (χ4n) is 10.4. The van der Waals surface area contributed by atoms with E-state index in [1.54, 1.807) is 0 Å². The Labute approximate surface area is 373 Å². The van der Waals surface area contributed by atoms with Crippen LogP contribution in [0.15, 0.2) is 170 Å². The summed E-state index contributed by atoms with van der Waals surface area (Å²) in [7, 11) is 0. The summed E-state index contributed by atoms with van der Waals surface area (Å²) in [5, 5.41) is 7.78. The van der Waals surface area contributed by atoms with Crippen molar-refractivity contribution in [1.82, 2.24) is 0 Å². The predicted molar refractivity (Wildman–Crippen MR) is 275 cm³/mol. The molecule has 0 fully saturated rings. The summed E-state index contributed by atoms with van der Waals surface area (Å²) in [6, 6.07) is 64.7. The summed E-state index contributed by atoms with van der Waals surface area (Å²) in [6.45, 7) is 20.9. The van der Waals surface area contributed by atoms with Gasteiger partial charge in [0.15, 0.2) is 0 Å². The van der Waals surface area contributed by atoms with Gasteiger partial charge in [-0.05, 0) is 147 Å². The van der Waals surface area contributed by atoms with Crippen LogP contribution in [0.4, 0.5) is 34.1 Å². The Morgan fingerprint density at radius 1 is 0.317 bits per heavy atom. The van der Waals surface area contributed by atoms with Gasteiger partial charge in [0.1, 0.15) is 0 Å². The molecule has 11 rings (SSSR count). The van der Waals surface area contributed by atoms with Crippen LogP contribution >= 0.6 is 0 Å². The van der Waals surface area contributed by atoms with Crippen LogP contribution < -0.4 is 26.2 Å². The maximum atomic E-state index is 2.53. The largest absolute Gasteiger partial charge is 0.311 e. The second-order valence-electron chi connectivity index (χ2n) is 21.1. The first-order valence-electron chi connectivity index (χ1n) is 22.7. The molecule has 2 nitrogen and oxygen atoms in total. The van der Waals surface area contributed by atoms with Crippen LogP contribution in [0.3, 0.4) is 0 Å². The summed E-state index contributed by atoms with van der Waals surface area (Å²) in [5.74, 6) is 0. The summed E-state index contributed by atoms with van der Waals surface area (Å²) in [5.41, 5.74) is 17.9. The molecule has 0 spiro atoms. The van der Waals surface area contributed by atoms with Crippen LogP contribution in [0.25, 0.3) is 43.4 Å². The minimum Gasteiger partial charge on any atom is -0.311 e. The molecule has 2 heterocycles. The molecule has 0 aromatic heterocycles. The zero-order valence-electron chi connectivity index (χ0n) is 38.1. The van der Waals surface area contributed by atoms with Gasteiger partial charge in [0.2, 0.25) is 0 Å². The molecular formula is C60H55BN2. The van der Waals surface area contributed by atoms with Gasteiger partial charge < -0.3 is 9.80 Å². The van der Waals surface area contributed by atoms with E-state index < -0.39 is 0 Å². The van der Waals surface area contributed by atoms with Crippen LogP contribution in [0.5, 0.6) is 0 Å². The summed E-state index contributed by atoms with van der Waals surface area (Å²) in [6.07, 6.45) is 0. The van der Waals surface area contributed by atoms with Crippen molar-refractivity contribution < 1.29 is 0 Å². The van der Waals surface area contributed by atoms with E-state index in [9.17, 15) is 0 Å². The van der Waals surface area contributed by atoms with E-state index in [0.29, 0.717) is 0 Å². The number of hydrogen-bond donors (Lipinski definition) is 0. The van der Waals surface area contributed by atoms with Gasteiger partial charge in [0, 0.05) is 34.1 Å². The molecule has 0 aliphatic carbocycles. The molecule has 0 N–H and O–H groups in total. The quantitative estimate of drug-likeness (QED) is 0.129. The first kappa shape index (κ1) is 39.3. The lowest BCUT2D eigenvalue weighted by atomic mass is 9.33. The van der Waals surface area contributed by atoms with Crippen molar-refractivity contribution in [2.45, 2.75) is 78.6 Å². The zero-order chi connectivity index (χ0) is 43.6. The average molecular weight is 815 g/mol. The lowest BCUT2D eigenvalue weighted by Gasteiger charge is -2.45. The smallest absolute Gasteiger partial charge is 0.252 e. The van der Waals surface area contributed by atoms with Crippen molar-refractivity contribution in [1.29, 1.82) is 0 Å². The first-order chi connectivity index (χ1) is 30.1. The third-order valence-electron chi connectivity index (χ3n) is 13.9. The van der Waals surface area contributed by atoms with Gasteiger partial charge in [-0.1, -0.05) is 178 Å². The first-order valence-corrected chi connectivity index (χ1v) is 22.7. The molecule has 0 atom stereocenters. The Balaban J connectivity index is 1.10. The Hall–Kier alpha value is -6.58. The maximum Gasteiger partial charge on any atom is 0.252 e. The highest BCUT2D eigenvalue weighted by Gasteiger charge is 2.44. The number of rotatable bonds is 3. The number of nitrogens with zero attached hydrogens (tertiary/aromatic N) is 2. The second-order valence-corrected chi connectivity index (χ2v) is 21.1. The van der Waals surface area contributed by atoms with E-state index >= 15 is 0 Å². The fourth-order valence-corrected chi connectivity index (χ4v) is 10.4. The minimum atomic E-state index is -0.00956. The third kappa shape index (κ3) is 6.30. The second kappa shape index (κ2) is 14.0. The number of hydrogen-bond acceptors (Lipinski definition) is 2. The third-order valence-corrected chi connectivity index (χ3v) is 13.9. The van der Waals surface area contributed by atoms with Crippen LogP contribution in [0.1, 0.15) is 79.0 Å². The van der Waals surface area contributed by atoms with Crippen molar-refractivity contribution in [3.8, 4) is 11.1 Å². The molecule has 0 saturated heterocycles. The van der Waals surface area contributed by atoms with Gasteiger partial charge >= 0.3 is 0 Å². The maximum absolute atomic E-state index is 2.53. The van der Waals surface area contributed by atoms with Gasteiger partial charge in [-0.25, -0.2) is 0 Å². The monoisotopic (exact) mass is 814 g/mol. The topological polar surface area (TPSA) is 6.48 Å². The minimum absolute atomic E-state index is 0.00151. The van der Waals surface area contributed by atoms with E-state index in [0.717, 1.165) is 5.69 Å². The molecule has 0 unspecified atom stereocenters. The molecule has 2 aliphatic rings. The molecule has 9 aromatic carbocycles. The molecule has 3 heteroatoms. The molecule has 0 bridgehead atoms. The normalized spacial score (nSPS) is 13.7. The number of anilines is 6. The van der Waals surface area contributed by atoms with Crippen molar-refractivity contribution >= 4 is 89.5 Å². The van der Waals surface area contributed by atoms with Gasteiger partial charge in [0.05, 0.1) is 0 Å². The van der Waals surface area contributed by atoms with Crippen molar-refractivity contribution in [3.63, 3.8) is 0 Å². The molecule has 0 amide bonds. The molecule has 0 saturated carbocycles. The van der Waals surface area contributed by atoms with E-state index in [4.69, 9.17) is 0 Å². The summed E-state index contributed by atoms with van der Waals surface area (Å²) >= 11 is 0. The van der Waals surface area contributed by atoms with Crippen LogP contribution in [-0.2, 0) is 16.2 Å². The number of fused-ring (bicyclic) bond motifs is 10. The van der Waals surface area contributed by atoms with Gasteiger partial charge in [-0.2, -0.15) is 0 Å². The summed E-state index contributed by atoms with van der Waals surface area (Å²) in [4.78, 5) is 5.05. The van der Waals surface area contributed by atoms with Crippen LogP contribution in [0, 0.1) is 0 Å². The molecular weight excluding hydrogens is 759 g/mol. The molecule has 9 aromatic rings. The van der Waals surface area contributed by atoms with Gasteiger partial charge in [0.25, 0.3) is 6.71 Å². The molecule has 0 radical (unpaired) electrons. The van der Waals surface area contributed by atoms with Crippen molar-refractivity contribution in [3.05, 3.63) is 187 Å². The molecule has 63 heavy (non-hydrogen) atoms. The van der Waals surface area contributed by atoms with Crippen molar-refractivity contribution in [2.24, 2.45) is 0 Å². The Kier molecular flexibility index (Phi) is 8.71. The van der Waals surface area contributed by atoms with Crippen molar-refractivity contribution in [2.75, 3.05) is 9.80 Å². The lowest BCUT2D eigenvalue weighted by Crippen LogP contribution is -2.61. The SMILES string of the molecule is CC(C)(C)c1ccc(N2c3ccc(C(C)(C)C)cc3B3c4cc(C(C)(C)C)ccc4N(c4ccc(-c5ccc6c7ccccc7c7ccccc7c6c5)cc4)c4cccc2c43)cc1. The zero-order valence-corrected chi connectivity index (χ0v) is 38.1. The van der Waals surface area contributed by atoms with Crippen LogP contribution in [-0.4, -0.2) is 6.71 Å². The highest BCUT2D eigenvalue weighted by Crippen LogP contribution is 2.46. The van der Waals surface area contributed by atoms with Gasteiger partial charge in [-0.3, -0.25) is 0 Å². The Bertz CT molecular complexity index is 3250. The highest BCUT2D eigenvalue weighted by atomic mass is 15.2. The number of benzene rings is 9. The average Bonchev–Trinajstić information content (AvgIpc) is 3.28. The fraction of sp³-hybridized carbons (Fsp3) is 0.200.